The highest BCUT2D eigenvalue weighted by Gasteiger charge is 2.12. The Balaban J connectivity index is 2.14. The van der Waals surface area contributed by atoms with Gasteiger partial charge in [-0.3, -0.25) is 0 Å². The van der Waals surface area contributed by atoms with Crippen molar-refractivity contribution < 1.29 is 9.53 Å². The highest BCUT2D eigenvalue weighted by molar-refractivity contribution is 9.10. The summed E-state index contributed by atoms with van der Waals surface area (Å²) in [5, 5.41) is 10.9. The molecule has 0 saturated carbocycles. The van der Waals surface area contributed by atoms with Crippen LogP contribution in [0.3, 0.4) is 0 Å². The van der Waals surface area contributed by atoms with E-state index in [9.17, 15) is 4.79 Å². The Hall–Kier alpha value is -1.90. The second kappa shape index (κ2) is 6.32. The molecule has 0 saturated heterocycles. The molecule has 1 heterocycles. The van der Waals surface area contributed by atoms with Crippen LogP contribution in [0, 0.1) is 11.3 Å². The maximum atomic E-state index is 11.8. The molecular formula is C14H8BrNO2S. The Kier molecular flexibility index (Phi) is 4.50. The van der Waals surface area contributed by atoms with Crippen molar-refractivity contribution in [1.29, 1.82) is 5.26 Å². The van der Waals surface area contributed by atoms with Gasteiger partial charge >= 0.3 is 5.97 Å². The third kappa shape index (κ3) is 3.78. The van der Waals surface area contributed by atoms with Gasteiger partial charge in [-0.1, -0.05) is 22.0 Å². The van der Waals surface area contributed by atoms with Gasteiger partial charge in [-0.25, -0.2) is 4.79 Å². The highest BCUT2D eigenvalue weighted by atomic mass is 79.9. The lowest BCUT2D eigenvalue weighted by atomic mass is 10.2. The van der Waals surface area contributed by atoms with E-state index >= 15 is 0 Å². The van der Waals surface area contributed by atoms with Gasteiger partial charge in [-0.05, 0) is 41.8 Å². The molecule has 0 bridgehead atoms. The summed E-state index contributed by atoms with van der Waals surface area (Å²) in [6, 6.07) is 12.4. The first-order valence-electron chi connectivity index (χ1n) is 5.32. The molecule has 19 heavy (non-hydrogen) atoms. The predicted octanol–water partition coefficient (Wildman–Crippen LogP) is 4.02. The molecule has 94 valence electrons. The molecule has 0 aliphatic carbocycles. The van der Waals surface area contributed by atoms with E-state index in [0.717, 1.165) is 9.35 Å². The van der Waals surface area contributed by atoms with Crippen LogP contribution < -0.4 is 4.74 Å². The van der Waals surface area contributed by atoms with Crippen molar-refractivity contribution in [3.05, 3.63) is 56.7 Å². The SMILES string of the molecule is N#CC(=Cc1cccs1)C(=O)Oc1ccc(Br)cc1. The first-order chi connectivity index (χ1) is 9.19. The molecule has 0 spiro atoms. The summed E-state index contributed by atoms with van der Waals surface area (Å²) >= 11 is 4.74. The van der Waals surface area contributed by atoms with Crippen molar-refractivity contribution in [3.8, 4) is 11.8 Å². The van der Waals surface area contributed by atoms with Crippen LogP contribution in [0.4, 0.5) is 0 Å². The third-order valence-electron chi connectivity index (χ3n) is 2.19. The average Bonchev–Trinajstić information content (AvgIpc) is 2.91. The van der Waals surface area contributed by atoms with E-state index < -0.39 is 5.97 Å². The van der Waals surface area contributed by atoms with Crippen LogP contribution >= 0.6 is 27.3 Å². The van der Waals surface area contributed by atoms with E-state index in [1.54, 1.807) is 24.3 Å². The van der Waals surface area contributed by atoms with Crippen molar-refractivity contribution in [2.45, 2.75) is 0 Å². The zero-order valence-electron chi connectivity index (χ0n) is 9.67. The minimum atomic E-state index is -0.654. The predicted molar refractivity (Wildman–Crippen MR) is 77.7 cm³/mol. The quantitative estimate of drug-likeness (QED) is 0.369. The fourth-order valence-corrected chi connectivity index (χ4v) is 2.24. The van der Waals surface area contributed by atoms with Gasteiger partial charge in [-0.15, -0.1) is 11.3 Å². The number of esters is 1. The number of carbonyl (C=O) groups is 1. The summed E-state index contributed by atoms with van der Waals surface area (Å²) in [6.07, 6.45) is 1.52. The summed E-state index contributed by atoms with van der Waals surface area (Å²) in [6.45, 7) is 0. The van der Waals surface area contributed by atoms with Crippen LogP contribution in [0.25, 0.3) is 6.08 Å². The molecule has 0 aliphatic rings. The number of nitrogens with zero attached hydrogens (tertiary/aromatic N) is 1. The first-order valence-corrected chi connectivity index (χ1v) is 6.99. The Morgan fingerprint density at radius 3 is 2.63 bits per heavy atom. The Labute approximate surface area is 122 Å². The molecule has 0 atom stereocenters. The zero-order chi connectivity index (χ0) is 13.7. The van der Waals surface area contributed by atoms with Crippen LogP contribution in [0.1, 0.15) is 4.88 Å². The van der Waals surface area contributed by atoms with Gasteiger partial charge < -0.3 is 4.74 Å². The van der Waals surface area contributed by atoms with E-state index in [2.05, 4.69) is 15.9 Å². The van der Waals surface area contributed by atoms with Crippen molar-refractivity contribution in [2.75, 3.05) is 0 Å². The monoisotopic (exact) mass is 333 g/mol. The van der Waals surface area contributed by atoms with E-state index in [0.29, 0.717) is 5.75 Å². The standard InChI is InChI=1S/C14H8BrNO2S/c15-11-3-5-12(6-4-11)18-14(17)10(9-16)8-13-2-1-7-19-13/h1-8H. The lowest BCUT2D eigenvalue weighted by Crippen LogP contribution is -2.09. The van der Waals surface area contributed by atoms with E-state index in [1.807, 2.05) is 23.6 Å². The Morgan fingerprint density at radius 1 is 1.32 bits per heavy atom. The van der Waals surface area contributed by atoms with Crippen molar-refractivity contribution in [2.24, 2.45) is 0 Å². The van der Waals surface area contributed by atoms with Gasteiger partial charge in [0.2, 0.25) is 0 Å². The molecule has 0 aliphatic heterocycles. The van der Waals surface area contributed by atoms with Gasteiger partial charge in [0.25, 0.3) is 0 Å². The van der Waals surface area contributed by atoms with Crippen LogP contribution in [-0.4, -0.2) is 5.97 Å². The number of thiophene rings is 1. The summed E-state index contributed by atoms with van der Waals surface area (Å²) in [5.41, 5.74) is -0.0228. The largest absolute Gasteiger partial charge is 0.422 e. The fraction of sp³-hybridized carbons (Fsp3) is 0. The summed E-state index contributed by atoms with van der Waals surface area (Å²) in [7, 11) is 0. The number of rotatable bonds is 3. The number of ether oxygens (including phenoxy) is 1. The van der Waals surface area contributed by atoms with Gasteiger partial charge in [0.1, 0.15) is 17.4 Å². The summed E-state index contributed by atoms with van der Waals surface area (Å²) in [5.74, 6) is -0.251. The lowest BCUT2D eigenvalue weighted by Gasteiger charge is -2.02. The van der Waals surface area contributed by atoms with E-state index in [4.69, 9.17) is 10.00 Å². The van der Waals surface area contributed by atoms with E-state index in [1.165, 1.54) is 17.4 Å². The fourth-order valence-electron chi connectivity index (χ4n) is 1.32. The van der Waals surface area contributed by atoms with Gasteiger partial charge in [-0.2, -0.15) is 5.26 Å². The number of hydrogen-bond acceptors (Lipinski definition) is 4. The molecule has 1 aromatic heterocycles. The van der Waals surface area contributed by atoms with E-state index in [-0.39, 0.29) is 5.57 Å². The highest BCUT2D eigenvalue weighted by Crippen LogP contribution is 2.18. The minimum Gasteiger partial charge on any atom is -0.422 e. The topological polar surface area (TPSA) is 50.1 Å². The Morgan fingerprint density at radius 2 is 2.05 bits per heavy atom. The molecule has 1 aromatic carbocycles. The molecule has 2 rings (SSSR count). The van der Waals surface area contributed by atoms with Crippen LogP contribution in [-0.2, 0) is 4.79 Å². The van der Waals surface area contributed by atoms with Crippen molar-refractivity contribution in [3.63, 3.8) is 0 Å². The molecule has 0 amide bonds. The average molecular weight is 334 g/mol. The maximum Gasteiger partial charge on any atom is 0.354 e. The first kappa shape index (κ1) is 13.5. The maximum absolute atomic E-state index is 11.8. The van der Waals surface area contributed by atoms with Crippen LogP contribution in [0.2, 0.25) is 0 Å². The van der Waals surface area contributed by atoms with Crippen molar-refractivity contribution >= 4 is 39.3 Å². The zero-order valence-corrected chi connectivity index (χ0v) is 12.1. The Bertz CT molecular complexity index is 639. The van der Waals surface area contributed by atoms with Crippen LogP contribution in [0.15, 0.2) is 51.8 Å². The molecule has 0 unspecified atom stereocenters. The number of hydrogen-bond donors (Lipinski definition) is 0. The molecular weight excluding hydrogens is 326 g/mol. The van der Waals surface area contributed by atoms with Gasteiger partial charge in [0, 0.05) is 9.35 Å². The van der Waals surface area contributed by atoms with Crippen LogP contribution in [0.5, 0.6) is 5.75 Å². The third-order valence-corrected chi connectivity index (χ3v) is 3.54. The molecule has 3 nitrogen and oxygen atoms in total. The molecule has 0 fully saturated rings. The molecule has 2 aromatic rings. The smallest absolute Gasteiger partial charge is 0.354 e. The molecule has 5 heteroatoms. The number of halogens is 1. The molecule has 0 radical (unpaired) electrons. The second-order valence-electron chi connectivity index (χ2n) is 3.53. The summed E-state index contributed by atoms with van der Waals surface area (Å²) < 4.78 is 6.02. The number of carbonyl (C=O) groups excluding carboxylic acids is 1. The minimum absolute atomic E-state index is 0.0228. The van der Waals surface area contributed by atoms with Gasteiger partial charge in [0.15, 0.2) is 0 Å². The number of nitriles is 1. The normalized spacial score (nSPS) is 10.8. The molecule has 0 N–H and O–H groups in total. The summed E-state index contributed by atoms with van der Waals surface area (Å²) in [4.78, 5) is 12.7. The number of benzene rings is 1. The van der Waals surface area contributed by atoms with Crippen molar-refractivity contribution in [1.82, 2.24) is 0 Å². The van der Waals surface area contributed by atoms with Gasteiger partial charge in [0.05, 0.1) is 0 Å². The second-order valence-corrected chi connectivity index (χ2v) is 5.42. The lowest BCUT2D eigenvalue weighted by molar-refractivity contribution is -0.129.